The third-order valence-corrected chi connectivity index (χ3v) is 15.4. The van der Waals surface area contributed by atoms with E-state index < -0.39 is 65.2 Å². The Morgan fingerprint density at radius 2 is 0.688 bits per heavy atom. The van der Waals surface area contributed by atoms with E-state index in [2.05, 4.69) is 50.8 Å². The fourth-order valence-electron chi connectivity index (χ4n) is 4.70. The Morgan fingerprint density at radius 1 is 0.453 bits per heavy atom. The summed E-state index contributed by atoms with van der Waals surface area (Å²) in [7, 11) is -21.2. The van der Waals surface area contributed by atoms with Gasteiger partial charge in [-0.25, -0.2) is 0 Å². The first kappa shape index (κ1) is 68.7. The van der Waals surface area contributed by atoms with Crippen molar-refractivity contribution < 1.29 is 211 Å². The summed E-state index contributed by atoms with van der Waals surface area (Å²) in [5.74, 6) is 1.75. The van der Waals surface area contributed by atoms with Gasteiger partial charge in [0.1, 0.15) is 0 Å². The summed E-state index contributed by atoms with van der Waals surface area (Å²) < 4.78 is 159. The van der Waals surface area contributed by atoms with Gasteiger partial charge in [0.15, 0.2) is 0 Å². The molecule has 0 saturated carbocycles. The minimum absolute atomic E-state index is 0. The first-order valence-electron chi connectivity index (χ1n) is 15.9. The van der Waals surface area contributed by atoms with E-state index in [1.54, 1.807) is 24.3 Å². The number of halogens is 10. The first-order valence-corrected chi connectivity index (χ1v) is 26.4. The van der Waals surface area contributed by atoms with E-state index in [9.17, 15) is 73.5 Å². The SMILES string of the molecule is O=P(Cc1ccc(CSCc2ccc(C(F)(F)P(=O)([O-])[O-])c(Br)c2)cc1)(OF)OF.O=P(Cc1ccc(CSCc2ccc(C(F)(F)P(=O)([O-])[O-])c(Br)c2)cc1)(OF)OF.[Na+].[Na+].[Na+].[Na+]. The van der Waals surface area contributed by atoms with Gasteiger partial charge in [0.05, 0.1) is 12.3 Å². The van der Waals surface area contributed by atoms with Crippen molar-refractivity contribution in [1.82, 2.24) is 0 Å². The molecule has 0 bridgehead atoms. The molecule has 4 aromatic carbocycles. The van der Waals surface area contributed by atoms with Gasteiger partial charge in [-0.15, -0.1) is 18.9 Å². The molecule has 0 aromatic heterocycles. The third-order valence-electron chi connectivity index (χ3n) is 7.70. The number of alkyl halides is 4. The minimum Gasteiger partial charge on any atom is -0.806 e. The molecule has 32 heteroatoms. The van der Waals surface area contributed by atoms with E-state index in [1.807, 2.05) is 0 Å². The van der Waals surface area contributed by atoms with Gasteiger partial charge in [-0.3, -0.25) is 9.13 Å². The zero-order valence-electron chi connectivity index (χ0n) is 33.6. The molecule has 0 unspecified atom stereocenters. The van der Waals surface area contributed by atoms with Crippen LogP contribution in [-0.2, 0) is 83.8 Å². The van der Waals surface area contributed by atoms with Crippen molar-refractivity contribution in [2.75, 3.05) is 0 Å². The Morgan fingerprint density at radius 3 is 0.922 bits per heavy atom. The van der Waals surface area contributed by atoms with Crippen LogP contribution in [0.15, 0.2) is 93.9 Å². The topological polar surface area (TPSA) is 197 Å². The van der Waals surface area contributed by atoms with Crippen LogP contribution in [0.2, 0.25) is 0 Å². The van der Waals surface area contributed by atoms with Gasteiger partial charge in [-0.1, -0.05) is 105 Å². The number of benzene rings is 4. The molecular formula is C32H26Br2F8Na4O12P4S2. The van der Waals surface area contributed by atoms with Crippen LogP contribution in [-0.4, -0.2) is 0 Å². The number of rotatable bonds is 20. The Hall–Kier alpha value is 2.58. The van der Waals surface area contributed by atoms with Crippen molar-refractivity contribution in [3.05, 3.63) is 138 Å². The van der Waals surface area contributed by atoms with Crippen LogP contribution in [0.1, 0.15) is 44.5 Å². The molecule has 4 aromatic rings. The standard InChI is InChI=1S/2C16H15BrF4O6P2S.4Na/c2*17-15-7-13(5-6-14(15)16(18,19)29(23,24)25)10-30-9-12-3-1-11(2-4-12)8-28(22,26-20)27-21;;;;/h2*1-7H,8-10H2,(H2,23,24,25);;;;/q;;4*+1/p-4. The van der Waals surface area contributed by atoms with Crippen molar-refractivity contribution in [3.63, 3.8) is 0 Å². The third kappa shape index (κ3) is 20.6. The fourth-order valence-corrected chi connectivity index (χ4v) is 10.8. The van der Waals surface area contributed by atoms with Crippen LogP contribution in [0.4, 0.5) is 35.7 Å². The van der Waals surface area contributed by atoms with Crippen LogP contribution in [0, 0.1) is 0 Å². The van der Waals surface area contributed by atoms with Crippen LogP contribution < -0.4 is 138 Å². The van der Waals surface area contributed by atoms with Crippen LogP contribution in [0.5, 0.6) is 0 Å². The van der Waals surface area contributed by atoms with Crippen molar-refractivity contribution in [2.24, 2.45) is 0 Å². The summed E-state index contributed by atoms with van der Waals surface area (Å²) in [6, 6.07) is 19.5. The summed E-state index contributed by atoms with van der Waals surface area (Å²) >= 11 is 8.55. The summed E-state index contributed by atoms with van der Waals surface area (Å²) in [5.41, 5.74) is -7.38. The van der Waals surface area contributed by atoms with Gasteiger partial charge in [0.2, 0.25) is 0 Å². The maximum atomic E-state index is 13.7. The average Bonchev–Trinajstić information content (AvgIpc) is 3.18. The fraction of sp³-hybridized carbons (Fsp3) is 0.250. The Labute approximate surface area is 475 Å². The predicted octanol–water partition coefficient (Wildman–Crippen LogP) is -1.30. The van der Waals surface area contributed by atoms with E-state index in [4.69, 9.17) is 0 Å². The summed E-state index contributed by atoms with van der Waals surface area (Å²) in [6.07, 6.45) is -1.17. The molecular weight excluding hydrogens is 1170 g/mol. The molecule has 12 nitrogen and oxygen atoms in total. The zero-order chi connectivity index (χ0) is 45.2. The van der Waals surface area contributed by atoms with Gasteiger partial charge < -0.3 is 28.7 Å². The molecule has 4 rings (SSSR count). The second-order valence-corrected chi connectivity index (χ2v) is 22.6. The van der Waals surface area contributed by atoms with Crippen LogP contribution in [0.25, 0.3) is 0 Å². The molecule has 0 aliphatic rings. The van der Waals surface area contributed by atoms with Gasteiger partial charge in [-0.05, 0) is 63.6 Å². The van der Waals surface area contributed by atoms with Crippen molar-refractivity contribution in [2.45, 2.75) is 46.7 Å². The zero-order valence-corrected chi connectivity index (χ0v) is 50.0. The second kappa shape index (κ2) is 30.6. The molecule has 0 N–H and O–H groups in total. The number of thioether (sulfide) groups is 2. The summed E-state index contributed by atoms with van der Waals surface area (Å²) in [4.78, 5) is 43.1. The van der Waals surface area contributed by atoms with Crippen LogP contribution in [0.3, 0.4) is 0 Å². The molecule has 64 heavy (non-hydrogen) atoms. The molecule has 332 valence electrons. The number of hydrogen-bond acceptors (Lipinski definition) is 14. The van der Waals surface area contributed by atoms with E-state index >= 15 is 0 Å². The maximum absolute atomic E-state index is 13.7. The van der Waals surface area contributed by atoms with Crippen molar-refractivity contribution >= 4 is 85.8 Å². The van der Waals surface area contributed by atoms with E-state index in [-0.39, 0.29) is 127 Å². The smallest absolute Gasteiger partial charge is 0.806 e. The van der Waals surface area contributed by atoms with E-state index in [0.717, 1.165) is 23.3 Å². The molecule has 0 aliphatic carbocycles. The Kier molecular flexibility index (Phi) is 32.8. The molecule has 0 heterocycles. The molecule has 0 spiro atoms. The summed E-state index contributed by atoms with van der Waals surface area (Å²) in [5, 5.41) is 0. The largest absolute Gasteiger partial charge is 1.00 e. The maximum Gasteiger partial charge on any atom is 1.00 e. The quantitative estimate of drug-likeness (QED) is 0.0575. The summed E-state index contributed by atoms with van der Waals surface area (Å²) in [6.45, 7) is 0. The van der Waals surface area contributed by atoms with Gasteiger partial charge in [0.25, 0.3) is 11.3 Å². The molecule has 0 radical (unpaired) electrons. The van der Waals surface area contributed by atoms with Crippen molar-refractivity contribution in [1.29, 1.82) is 0 Å². The van der Waals surface area contributed by atoms with Gasteiger partial charge in [0, 0.05) is 58.3 Å². The second-order valence-electron chi connectivity index (χ2n) is 12.1. The minimum atomic E-state index is -6.16. The van der Waals surface area contributed by atoms with E-state index in [1.165, 1.54) is 72.1 Å². The first-order chi connectivity index (χ1) is 27.8. The Bertz CT molecular complexity index is 2110. The van der Waals surface area contributed by atoms with Gasteiger partial charge in [-0.2, -0.15) is 41.1 Å². The number of hydrogen-bond donors (Lipinski definition) is 0. The average molecular weight is 1190 g/mol. The monoisotopic (exact) mass is 1190 g/mol. The normalized spacial score (nSPS) is 12.1. The molecule has 0 aliphatic heterocycles. The molecule has 0 fully saturated rings. The molecule has 0 saturated heterocycles. The van der Waals surface area contributed by atoms with E-state index in [0.29, 0.717) is 45.3 Å². The van der Waals surface area contributed by atoms with Crippen LogP contribution >= 0.6 is 85.8 Å². The van der Waals surface area contributed by atoms with Crippen molar-refractivity contribution in [3.8, 4) is 0 Å². The predicted molar refractivity (Wildman–Crippen MR) is 206 cm³/mol. The van der Waals surface area contributed by atoms with Gasteiger partial charge >= 0.3 is 133 Å². The molecule has 0 atom stereocenters. The Balaban J connectivity index is 0. The molecule has 0 amide bonds.